The van der Waals surface area contributed by atoms with Crippen molar-refractivity contribution < 1.29 is 27.8 Å². The zero-order valence-electron chi connectivity index (χ0n) is 17.7. The minimum Gasteiger partial charge on any atom is -0.491 e. The first-order chi connectivity index (χ1) is 14.8. The molecule has 1 aromatic carbocycles. The molecule has 9 heteroatoms. The number of nitrogens with one attached hydrogen (secondary N) is 1. The van der Waals surface area contributed by atoms with Crippen molar-refractivity contribution in [3.63, 3.8) is 0 Å². The van der Waals surface area contributed by atoms with E-state index in [2.05, 4.69) is 15.1 Å². The zero-order valence-corrected chi connectivity index (χ0v) is 17.7. The number of carbonyl (C=O) groups excluding carboxylic acids is 1. The maximum absolute atomic E-state index is 12.6. The van der Waals surface area contributed by atoms with Crippen molar-refractivity contribution in [2.75, 3.05) is 45.9 Å². The molecular weight excluding hydrogens is 411 g/mol. The molecule has 2 fully saturated rings. The lowest BCUT2D eigenvalue weighted by atomic mass is 9.95. The first-order valence-corrected chi connectivity index (χ1v) is 11.0. The van der Waals surface area contributed by atoms with Gasteiger partial charge in [0.1, 0.15) is 18.5 Å². The first kappa shape index (κ1) is 23.8. The average molecular weight is 444 g/mol. The quantitative estimate of drug-likeness (QED) is 0.647. The van der Waals surface area contributed by atoms with Gasteiger partial charge in [0.15, 0.2) is 0 Å². The molecule has 1 saturated heterocycles. The number of ether oxygens (including phenoxy) is 1. The van der Waals surface area contributed by atoms with Crippen molar-refractivity contribution >= 4 is 5.91 Å². The summed E-state index contributed by atoms with van der Waals surface area (Å²) >= 11 is 0. The van der Waals surface area contributed by atoms with Gasteiger partial charge in [0.2, 0.25) is 5.91 Å². The van der Waals surface area contributed by atoms with Crippen molar-refractivity contribution in [1.82, 2.24) is 15.1 Å². The molecule has 3 rings (SSSR count). The number of benzene rings is 1. The summed E-state index contributed by atoms with van der Waals surface area (Å²) in [5.74, 6) is 0.381. The van der Waals surface area contributed by atoms with Crippen LogP contribution in [0.5, 0.6) is 5.75 Å². The Morgan fingerprint density at radius 1 is 1.06 bits per heavy atom. The molecule has 2 N–H and O–H groups in total. The summed E-state index contributed by atoms with van der Waals surface area (Å²) < 4.78 is 43.2. The predicted octanol–water partition coefficient (Wildman–Crippen LogP) is 2.51. The largest absolute Gasteiger partial charge is 0.491 e. The van der Waals surface area contributed by atoms with Gasteiger partial charge in [-0.1, -0.05) is 19.3 Å². The van der Waals surface area contributed by atoms with Gasteiger partial charge in [0.25, 0.3) is 0 Å². The molecule has 174 valence electrons. The number of amides is 1. The Morgan fingerprint density at radius 2 is 1.68 bits per heavy atom. The summed E-state index contributed by atoms with van der Waals surface area (Å²) in [7, 11) is 0. The van der Waals surface area contributed by atoms with Crippen LogP contribution in [0.3, 0.4) is 0 Å². The fourth-order valence-electron chi connectivity index (χ4n) is 4.14. The number of β-amino-alcohol motifs (C(OH)–C–C–N with tert-alkyl or cyclic N) is 1. The lowest BCUT2D eigenvalue weighted by molar-refractivity contribution is -0.137. The topological polar surface area (TPSA) is 65.0 Å². The number of hydrogen-bond acceptors (Lipinski definition) is 5. The molecular formula is C22H32F3N3O3. The Hall–Kier alpha value is -1.84. The molecule has 0 unspecified atom stereocenters. The lowest BCUT2D eigenvalue weighted by Crippen LogP contribution is -2.52. The molecule has 31 heavy (non-hydrogen) atoms. The number of aliphatic hydroxyl groups is 1. The molecule has 1 aliphatic heterocycles. The van der Waals surface area contributed by atoms with E-state index in [4.69, 9.17) is 4.74 Å². The third-order valence-corrected chi connectivity index (χ3v) is 5.90. The number of hydrogen-bond donors (Lipinski definition) is 2. The Morgan fingerprint density at radius 3 is 2.29 bits per heavy atom. The standard InChI is InChI=1S/C22H32F3N3O3/c23-22(24,25)17-6-8-20(9-7-17)31-16-19(29)14-27-10-12-28(13-11-27)15-21(30)26-18-4-2-1-3-5-18/h6-9,18-19,29H,1-5,10-16H2,(H,26,30)/t19-/m0/s1. The number of alkyl halides is 3. The maximum atomic E-state index is 12.6. The summed E-state index contributed by atoms with van der Waals surface area (Å²) in [6.07, 6.45) is 0.663. The predicted molar refractivity (Wildman–Crippen MR) is 111 cm³/mol. The molecule has 1 heterocycles. The highest BCUT2D eigenvalue weighted by Crippen LogP contribution is 2.30. The molecule has 1 aromatic rings. The van der Waals surface area contributed by atoms with E-state index >= 15 is 0 Å². The van der Waals surface area contributed by atoms with Crippen molar-refractivity contribution in [1.29, 1.82) is 0 Å². The fourth-order valence-corrected chi connectivity index (χ4v) is 4.14. The Bertz CT molecular complexity index is 685. The van der Waals surface area contributed by atoms with Crippen molar-refractivity contribution in [3.05, 3.63) is 29.8 Å². The van der Waals surface area contributed by atoms with E-state index in [9.17, 15) is 23.1 Å². The van der Waals surface area contributed by atoms with E-state index in [1.54, 1.807) is 0 Å². The van der Waals surface area contributed by atoms with Gasteiger partial charge in [-0.3, -0.25) is 14.6 Å². The zero-order chi connectivity index (χ0) is 22.3. The van der Waals surface area contributed by atoms with E-state index in [1.807, 2.05) is 0 Å². The first-order valence-electron chi connectivity index (χ1n) is 11.0. The molecule has 0 bridgehead atoms. The van der Waals surface area contributed by atoms with Crippen LogP contribution in [0, 0.1) is 0 Å². The number of rotatable bonds is 8. The highest BCUT2D eigenvalue weighted by molar-refractivity contribution is 5.78. The summed E-state index contributed by atoms with van der Waals surface area (Å²) in [5.41, 5.74) is -0.731. The van der Waals surface area contributed by atoms with E-state index in [1.165, 1.54) is 31.4 Å². The average Bonchev–Trinajstić information content (AvgIpc) is 2.74. The van der Waals surface area contributed by atoms with Gasteiger partial charge in [0.05, 0.1) is 12.1 Å². The molecule has 1 amide bonds. The smallest absolute Gasteiger partial charge is 0.416 e. The van der Waals surface area contributed by atoms with Crippen LogP contribution in [0.2, 0.25) is 0 Å². The summed E-state index contributed by atoms with van der Waals surface area (Å²) in [6.45, 7) is 3.83. The van der Waals surface area contributed by atoms with Crippen LogP contribution in [0.15, 0.2) is 24.3 Å². The van der Waals surface area contributed by atoms with E-state index in [-0.39, 0.29) is 12.5 Å². The summed E-state index contributed by atoms with van der Waals surface area (Å²) in [5, 5.41) is 13.4. The van der Waals surface area contributed by atoms with Gasteiger partial charge in [0, 0.05) is 38.8 Å². The summed E-state index contributed by atoms with van der Waals surface area (Å²) in [6, 6.07) is 4.76. The Kier molecular flexibility index (Phi) is 8.57. The normalized spacial score (nSPS) is 20.4. The van der Waals surface area contributed by atoms with Crippen LogP contribution >= 0.6 is 0 Å². The van der Waals surface area contributed by atoms with Crippen molar-refractivity contribution in [2.24, 2.45) is 0 Å². The number of aliphatic hydroxyl groups excluding tert-OH is 1. The second-order valence-corrected chi connectivity index (χ2v) is 8.47. The number of halogens is 3. The van der Waals surface area contributed by atoms with Crippen LogP contribution in [-0.4, -0.2) is 78.8 Å². The molecule has 0 spiro atoms. The fraction of sp³-hybridized carbons (Fsp3) is 0.682. The third kappa shape index (κ3) is 7.97. The van der Waals surface area contributed by atoms with Crippen LogP contribution in [0.4, 0.5) is 13.2 Å². The minimum absolute atomic E-state index is 0.00930. The van der Waals surface area contributed by atoms with E-state index in [0.29, 0.717) is 24.9 Å². The molecule has 0 radical (unpaired) electrons. The maximum Gasteiger partial charge on any atom is 0.416 e. The number of piperazine rings is 1. The van der Waals surface area contributed by atoms with Gasteiger partial charge < -0.3 is 15.2 Å². The van der Waals surface area contributed by atoms with Crippen molar-refractivity contribution in [2.45, 2.75) is 50.4 Å². The van der Waals surface area contributed by atoms with E-state index < -0.39 is 17.8 Å². The van der Waals surface area contributed by atoms with Gasteiger partial charge in [-0.15, -0.1) is 0 Å². The molecule has 0 aromatic heterocycles. The summed E-state index contributed by atoms with van der Waals surface area (Å²) in [4.78, 5) is 16.5. The third-order valence-electron chi connectivity index (χ3n) is 5.90. The van der Waals surface area contributed by atoms with Gasteiger partial charge >= 0.3 is 6.18 Å². The second kappa shape index (κ2) is 11.2. The van der Waals surface area contributed by atoms with Gasteiger partial charge in [-0.05, 0) is 37.1 Å². The van der Waals surface area contributed by atoms with Crippen LogP contribution in [0.25, 0.3) is 0 Å². The molecule has 2 aliphatic rings. The molecule has 1 saturated carbocycles. The molecule has 1 aliphatic carbocycles. The van der Waals surface area contributed by atoms with Crippen LogP contribution in [0.1, 0.15) is 37.7 Å². The highest BCUT2D eigenvalue weighted by Gasteiger charge is 2.30. The second-order valence-electron chi connectivity index (χ2n) is 8.47. The number of nitrogens with zero attached hydrogens (tertiary/aromatic N) is 2. The van der Waals surface area contributed by atoms with Crippen LogP contribution in [-0.2, 0) is 11.0 Å². The SMILES string of the molecule is O=C(CN1CCN(C[C@H](O)COc2ccc(C(F)(F)F)cc2)CC1)NC1CCCCC1. The highest BCUT2D eigenvalue weighted by atomic mass is 19.4. The molecule has 1 atom stereocenters. The number of carbonyl (C=O) groups is 1. The van der Waals surface area contributed by atoms with Crippen LogP contribution < -0.4 is 10.1 Å². The van der Waals surface area contributed by atoms with E-state index in [0.717, 1.165) is 51.2 Å². The van der Waals surface area contributed by atoms with Crippen molar-refractivity contribution in [3.8, 4) is 5.75 Å². The lowest BCUT2D eigenvalue weighted by Gasteiger charge is -2.35. The Labute approximate surface area is 181 Å². The minimum atomic E-state index is -4.38. The molecule has 6 nitrogen and oxygen atoms in total. The monoisotopic (exact) mass is 443 g/mol. The Balaban J connectivity index is 1.31. The van der Waals surface area contributed by atoms with Gasteiger partial charge in [-0.25, -0.2) is 0 Å². The van der Waals surface area contributed by atoms with Gasteiger partial charge in [-0.2, -0.15) is 13.2 Å².